The summed E-state index contributed by atoms with van der Waals surface area (Å²) in [4.78, 5) is 16.8. The van der Waals surface area contributed by atoms with Gasteiger partial charge in [0.15, 0.2) is 5.78 Å². The van der Waals surface area contributed by atoms with E-state index in [9.17, 15) is 33.6 Å². The summed E-state index contributed by atoms with van der Waals surface area (Å²) >= 11 is 11.8. The zero-order chi connectivity index (χ0) is 24.4. The first kappa shape index (κ1) is 24.6. The summed E-state index contributed by atoms with van der Waals surface area (Å²) in [6.07, 6.45) is -3.81. The maximum absolute atomic E-state index is 14.4. The van der Waals surface area contributed by atoms with Crippen LogP contribution in [0.5, 0.6) is 0 Å². The number of aromatic nitrogens is 3. The van der Waals surface area contributed by atoms with Gasteiger partial charge in [0.05, 0.1) is 17.8 Å². The number of halogens is 5. The minimum Gasteiger partial charge on any atom is -0.294 e. The fraction of sp³-hybridized carbons (Fsp3) is 0.200. The minimum absolute atomic E-state index is 0.0271. The van der Waals surface area contributed by atoms with Crippen molar-refractivity contribution in [2.75, 3.05) is 6.54 Å². The van der Waals surface area contributed by atoms with Gasteiger partial charge in [-0.15, -0.1) is 0 Å². The van der Waals surface area contributed by atoms with Crippen LogP contribution in [0.15, 0.2) is 49.1 Å². The third kappa shape index (κ3) is 5.16. The Morgan fingerprint density at radius 2 is 1.82 bits per heavy atom. The lowest BCUT2D eigenvalue weighted by atomic mass is 9.74. The number of hydroxylamine groups is 2. The summed E-state index contributed by atoms with van der Waals surface area (Å²) < 4.78 is 44.5. The molecule has 0 aliphatic carbocycles. The van der Waals surface area contributed by atoms with Gasteiger partial charge in [-0.05, 0) is 42.0 Å². The molecule has 2 aromatic carbocycles. The molecule has 0 amide bonds. The van der Waals surface area contributed by atoms with Crippen LogP contribution in [0.2, 0.25) is 10.0 Å². The molecule has 1 heterocycles. The highest BCUT2D eigenvalue weighted by Crippen LogP contribution is 2.46. The molecule has 1 aromatic heterocycles. The van der Waals surface area contributed by atoms with E-state index in [1.807, 2.05) is 6.07 Å². The molecular weight excluding hydrogens is 486 g/mol. The molecule has 3 rings (SSSR count). The number of nitrogens with zero attached hydrogens (tertiary/aromatic N) is 5. The van der Waals surface area contributed by atoms with Crippen LogP contribution < -0.4 is 0 Å². The molecule has 1 atom stereocenters. The first-order valence-corrected chi connectivity index (χ1v) is 9.83. The van der Waals surface area contributed by atoms with Gasteiger partial charge in [-0.3, -0.25) is 15.2 Å². The Balaban J connectivity index is 2.09. The Labute approximate surface area is 194 Å². The average Bonchev–Trinajstić information content (AvgIpc) is 3.25. The lowest BCUT2D eigenvalue weighted by molar-refractivity contribution is -0.332. The number of alkyl halides is 3. The molecule has 8 nitrogen and oxygen atoms in total. The maximum atomic E-state index is 14.4. The van der Waals surface area contributed by atoms with Gasteiger partial charge < -0.3 is 0 Å². The van der Waals surface area contributed by atoms with E-state index in [0.717, 1.165) is 18.2 Å². The maximum Gasteiger partial charge on any atom is 0.400 e. The highest BCUT2D eigenvalue weighted by Gasteiger charge is 2.58. The van der Waals surface area contributed by atoms with Crippen LogP contribution in [0.1, 0.15) is 27.9 Å². The number of hydrogen-bond donors (Lipinski definition) is 2. The lowest BCUT2D eigenvalue weighted by Gasteiger charge is -2.36. The molecule has 0 aliphatic heterocycles. The van der Waals surface area contributed by atoms with Crippen LogP contribution in [0.25, 0.3) is 5.69 Å². The van der Waals surface area contributed by atoms with E-state index >= 15 is 0 Å². The van der Waals surface area contributed by atoms with Crippen molar-refractivity contribution in [1.82, 2.24) is 20.0 Å². The van der Waals surface area contributed by atoms with E-state index in [1.165, 1.54) is 35.5 Å². The smallest absolute Gasteiger partial charge is 0.294 e. The number of carbonyl (C=O) groups excluding carboxylic acids is 1. The highest BCUT2D eigenvalue weighted by atomic mass is 35.5. The highest BCUT2D eigenvalue weighted by molar-refractivity contribution is 6.34. The van der Waals surface area contributed by atoms with Gasteiger partial charge in [0.1, 0.15) is 24.1 Å². The van der Waals surface area contributed by atoms with Gasteiger partial charge >= 0.3 is 6.18 Å². The standard InChI is InChI=1S/C20H14Cl2F3N5O3/c21-15-4-14(5-16(22)6-15)19(9-30(32)33,20(23,24)25)7-18(31)12-1-2-17(13(3-12)8-26)29-11-27-10-28-29/h1-6,10-11,32-33H,7,9H2/t19-/m0/s1. The zero-order valence-corrected chi connectivity index (χ0v) is 18.0. The van der Waals surface area contributed by atoms with Crippen LogP contribution in [0.3, 0.4) is 0 Å². The molecule has 13 heteroatoms. The monoisotopic (exact) mass is 499 g/mol. The molecule has 33 heavy (non-hydrogen) atoms. The van der Waals surface area contributed by atoms with Crippen molar-refractivity contribution in [2.24, 2.45) is 0 Å². The molecule has 0 radical (unpaired) electrons. The summed E-state index contributed by atoms with van der Waals surface area (Å²) in [7, 11) is 0. The van der Waals surface area contributed by atoms with Gasteiger partial charge in [0.25, 0.3) is 0 Å². The third-order valence-corrected chi connectivity index (χ3v) is 5.37. The van der Waals surface area contributed by atoms with Crippen LogP contribution in [0, 0.1) is 11.3 Å². The molecule has 172 valence electrons. The fourth-order valence-corrected chi connectivity index (χ4v) is 3.91. The van der Waals surface area contributed by atoms with E-state index in [0.29, 0.717) is 0 Å². The SMILES string of the molecule is N#Cc1cc(C(=O)C[C@](CN(O)O)(c2cc(Cl)cc(Cl)c2)C(F)(F)F)ccc1-n1cncn1. The molecule has 0 aliphatic rings. The molecule has 3 aromatic rings. The minimum atomic E-state index is -5.13. The zero-order valence-electron chi connectivity index (χ0n) is 16.5. The van der Waals surface area contributed by atoms with Crippen molar-refractivity contribution in [1.29, 1.82) is 5.26 Å². The molecule has 2 N–H and O–H groups in total. The van der Waals surface area contributed by atoms with Crippen molar-refractivity contribution in [3.8, 4) is 11.8 Å². The van der Waals surface area contributed by atoms with Crippen molar-refractivity contribution in [2.45, 2.75) is 18.0 Å². The number of benzene rings is 2. The van der Waals surface area contributed by atoms with E-state index in [4.69, 9.17) is 23.2 Å². The molecule has 0 saturated heterocycles. The van der Waals surface area contributed by atoms with Crippen LogP contribution >= 0.6 is 23.2 Å². The fourth-order valence-electron chi connectivity index (χ4n) is 3.38. The number of rotatable bonds is 7. The van der Waals surface area contributed by atoms with Gasteiger partial charge in [-0.1, -0.05) is 28.4 Å². The average molecular weight is 500 g/mol. The Kier molecular flexibility index (Phi) is 7.06. The molecule has 0 saturated carbocycles. The second kappa shape index (κ2) is 9.46. The summed E-state index contributed by atoms with van der Waals surface area (Å²) in [5.41, 5.74) is -3.57. The van der Waals surface area contributed by atoms with Crippen molar-refractivity contribution in [3.05, 3.63) is 75.8 Å². The van der Waals surface area contributed by atoms with Crippen molar-refractivity contribution in [3.63, 3.8) is 0 Å². The first-order valence-electron chi connectivity index (χ1n) is 9.08. The summed E-state index contributed by atoms with van der Waals surface area (Å²) in [5.74, 6) is -1.01. The van der Waals surface area contributed by atoms with E-state index in [1.54, 1.807) is 0 Å². The summed E-state index contributed by atoms with van der Waals surface area (Å²) in [5, 5.41) is 31.0. The first-order chi connectivity index (χ1) is 15.5. The van der Waals surface area contributed by atoms with Gasteiger partial charge in [0.2, 0.25) is 0 Å². The Hall–Kier alpha value is -3.01. The topological polar surface area (TPSA) is 115 Å². The van der Waals surface area contributed by atoms with Crippen LogP contribution in [-0.4, -0.2) is 48.9 Å². The van der Waals surface area contributed by atoms with Crippen LogP contribution in [-0.2, 0) is 5.41 Å². The number of hydrogen-bond acceptors (Lipinski definition) is 7. The second-order valence-corrected chi connectivity index (χ2v) is 7.92. The van der Waals surface area contributed by atoms with Gasteiger partial charge in [-0.2, -0.15) is 23.5 Å². The lowest BCUT2D eigenvalue weighted by Crippen LogP contribution is -2.51. The molecular formula is C20H14Cl2F3N5O3. The largest absolute Gasteiger partial charge is 0.400 e. The molecule has 0 spiro atoms. The van der Waals surface area contributed by atoms with Crippen LogP contribution in [0.4, 0.5) is 13.2 Å². The Bertz CT molecular complexity index is 1190. The molecule has 0 fully saturated rings. The number of ketones is 1. The number of nitriles is 1. The van der Waals surface area contributed by atoms with Gasteiger partial charge in [0, 0.05) is 22.0 Å². The van der Waals surface area contributed by atoms with E-state index in [2.05, 4.69) is 10.1 Å². The van der Waals surface area contributed by atoms with Crippen molar-refractivity contribution < 1.29 is 28.4 Å². The molecule has 0 unspecified atom stereocenters. The normalized spacial score (nSPS) is 13.5. The third-order valence-electron chi connectivity index (χ3n) is 4.94. The second-order valence-electron chi connectivity index (χ2n) is 7.05. The van der Waals surface area contributed by atoms with Gasteiger partial charge in [-0.25, -0.2) is 9.67 Å². The van der Waals surface area contributed by atoms with Crippen molar-refractivity contribution >= 4 is 29.0 Å². The quantitative estimate of drug-likeness (QED) is 0.360. The number of Topliss-reactive ketones (excluding diaryl/α,β-unsaturated/α-hetero) is 1. The predicted octanol–water partition coefficient (Wildman–Crippen LogP) is 4.60. The Morgan fingerprint density at radius 3 is 2.33 bits per heavy atom. The Morgan fingerprint density at radius 1 is 1.15 bits per heavy atom. The molecule has 0 bridgehead atoms. The predicted molar refractivity (Wildman–Crippen MR) is 109 cm³/mol. The number of carbonyl (C=O) groups is 1. The van der Waals surface area contributed by atoms with E-state index in [-0.39, 0.29) is 26.9 Å². The summed E-state index contributed by atoms with van der Waals surface area (Å²) in [6.45, 7) is -1.40. The van der Waals surface area contributed by atoms with E-state index < -0.39 is 41.1 Å². The summed E-state index contributed by atoms with van der Waals surface area (Å²) in [6, 6.07) is 8.68.